The van der Waals surface area contributed by atoms with Crippen molar-refractivity contribution in [1.29, 1.82) is 0 Å². The van der Waals surface area contributed by atoms with E-state index in [1.165, 1.54) is 0 Å². The van der Waals surface area contributed by atoms with Crippen LogP contribution in [0.5, 0.6) is 0 Å². The van der Waals surface area contributed by atoms with E-state index in [9.17, 15) is 4.79 Å². The number of aromatic nitrogens is 2. The Balaban J connectivity index is 2.57. The van der Waals surface area contributed by atoms with Gasteiger partial charge in [-0.3, -0.25) is 4.79 Å². The Labute approximate surface area is 78.8 Å². The summed E-state index contributed by atoms with van der Waals surface area (Å²) >= 11 is 0. The second-order valence-corrected chi connectivity index (χ2v) is 3.11. The van der Waals surface area contributed by atoms with Crippen LogP contribution < -0.4 is 0 Å². The molecule has 13 heavy (non-hydrogen) atoms. The summed E-state index contributed by atoms with van der Waals surface area (Å²) in [7, 11) is 0. The Morgan fingerprint density at radius 3 is 2.92 bits per heavy atom. The van der Waals surface area contributed by atoms with Crippen molar-refractivity contribution in [3.63, 3.8) is 0 Å². The fourth-order valence-electron chi connectivity index (χ4n) is 1.35. The minimum Gasteiger partial charge on any atom is -0.328 e. The van der Waals surface area contributed by atoms with E-state index in [1.807, 2.05) is 24.6 Å². The Bertz CT molecular complexity index is 278. The van der Waals surface area contributed by atoms with Crippen LogP contribution >= 0.6 is 0 Å². The third-order valence-corrected chi connectivity index (χ3v) is 1.99. The van der Waals surface area contributed by atoms with E-state index in [4.69, 9.17) is 0 Å². The van der Waals surface area contributed by atoms with E-state index in [-0.39, 0.29) is 5.78 Å². The highest BCUT2D eigenvalue weighted by atomic mass is 16.1. The minimum atomic E-state index is 0.287. The van der Waals surface area contributed by atoms with Crippen LogP contribution in [0.4, 0.5) is 0 Å². The van der Waals surface area contributed by atoms with Gasteiger partial charge in [-0.1, -0.05) is 13.8 Å². The molecule has 0 aliphatic rings. The molecule has 0 aliphatic heterocycles. The fourth-order valence-corrected chi connectivity index (χ4v) is 1.35. The Morgan fingerprint density at radius 2 is 2.31 bits per heavy atom. The summed E-state index contributed by atoms with van der Waals surface area (Å²) in [6.45, 7) is 4.55. The molecule has 0 bridgehead atoms. The number of rotatable bonds is 5. The molecular weight excluding hydrogens is 164 g/mol. The molecule has 1 aromatic heterocycles. The number of imidazole rings is 1. The van der Waals surface area contributed by atoms with Gasteiger partial charge in [0.15, 0.2) is 5.78 Å². The second-order valence-electron chi connectivity index (χ2n) is 3.11. The second kappa shape index (κ2) is 4.80. The molecule has 0 fully saturated rings. The van der Waals surface area contributed by atoms with Crippen molar-refractivity contribution in [3.05, 3.63) is 18.2 Å². The van der Waals surface area contributed by atoms with Crippen molar-refractivity contribution in [2.45, 2.75) is 39.7 Å². The van der Waals surface area contributed by atoms with Crippen molar-refractivity contribution in [2.75, 3.05) is 0 Å². The van der Waals surface area contributed by atoms with Gasteiger partial charge in [-0.15, -0.1) is 0 Å². The van der Waals surface area contributed by atoms with Crippen LogP contribution in [-0.2, 0) is 17.8 Å². The molecule has 0 aromatic carbocycles. The highest BCUT2D eigenvalue weighted by molar-refractivity contribution is 5.78. The van der Waals surface area contributed by atoms with E-state index in [0.717, 1.165) is 18.7 Å². The van der Waals surface area contributed by atoms with Gasteiger partial charge in [0.2, 0.25) is 0 Å². The molecule has 0 saturated carbocycles. The van der Waals surface area contributed by atoms with Gasteiger partial charge in [0.05, 0.1) is 6.54 Å². The number of aryl methyl sites for hydroxylation is 1. The zero-order chi connectivity index (χ0) is 9.68. The molecule has 3 nitrogen and oxygen atoms in total. The molecule has 1 aromatic rings. The predicted molar refractivity (Wildman–Crippen MR) is 51.5 cm³/mol. The van der Waals surface area contributed by atoms with Crippen LogP contribution in [0, 0.1) is 0 Å². The maximum Gasteiger partial charge on any atom is 0.152 e. The Kier molecular flexibility index (Phi) is 3.68. The molecule has 72 valence electrons. The molecule has 0 spiro atoms. The van der Waals surface area contributed by atoms with Gasteiger partial charge in [0.25, 0.3) is 0 Å². The normalized spacial score (nSPS) is 10.3. The zero-order valence-electron chi connectivity index (χ0n) is 8.29. The summed E-state index contributed by atoms with van der Waals surface area (Å²) in [6.07, 6.45) is 6.09. The summed E-state index contributed by atoms with van der Waals surface area (Å²) in [4.78, 5) is 15.5. The zero-order valence-corrected chi connectivity index (χ0v) is 8.29. The molecular formula is C10H16N2O. The molecule has 0 aliphatic carbocycles. The highest BCUT2D eigenvalue weighted by Gasteiger charge is 2.04. The Morgan fingerprint density at radius 1 is 1.54 bits per heavy atom. The lowest BCUT2D eigenvalue weighted by Crippen LogP contribution is -2.11. The van der Waals surface area contributed by atoms with Gasteiger partial charge in [-0.05, 0) is 6.42 Å². The number of Topliss-reactive ketones (excluding diaryl/α,β-unsaturated/α-hetero) is 1. The lowest BCUT2D eigenvalue weighted by atomic mass is 10.2. The van der Waals surface area contributed by atoms with Crippen LogP contribution in [-0.4, -0.2) is 15.3 Å². The lowest BCUT2D eigenvalue weighted by Gasteiger charge is -2.04. The number of carbonyl (C=O) groups is 1. The summed E-state index contributed by atoms with van der Waals surface area (Å²) in [5, 5.41) is 0. The first-order valence-corrected chi connectivity index (χ1v) is 4.79. The van der Waals surface area contributed by atoms with Crippen molar-refractivity contribution in [3.8, 4) is 0 Å². The minimum absolute atomic E-state index is 0.287. The fraction of sp³-hybridized carbons (Fsp3) is 0.600. The predicted octanol–water partition coefficient (Wildman–Crippen LogP) is 1.81. The third kappa shape index (κ3) is 2.68. The van der Waals surface area contributed by atoms with Crippen LogP contribution in [0.2, 0.25) is 0 Å². The first-order valence-electron chi connectivity index (χ1n) is 4.79. The molecule has 1 heterocycles. The average molecular weight is 180 g/mol. The molecule has 0 saturated heterocycles. The summed E-state index contributed by atoms with van der Waals surface area (Å²) < 4.78 is 1.93. The number of hydrogen-bond acceptors (Lipinski definition) is 2. The average Bonchev–Trinajstić information content (AvgIpc) is 2.52. The van der Waals surface area contributed by atoms with Crippen LogP contribution in [0.25, 0.3) is 0 Å². The van der Waals surface area contributed by atoms with Gasteiger partial charge in [0.1, 0.15) is 5.82 Å². The Hall–Kier alpha value is -1.12. The molecule has 0 radical (unpaired) electrons. The smallest absolute Gasteiger partial charge is 0.152 e. The van der Waals surface area contributed by atoms with Crippen molar-refractivity contribution in [1.82, 2.24) is 9.55 Å². The van der Waals surface area contributed by atoms with E-state index in [0.29, 0.717) is 13.0 Å². The number of ketones is 1. The molecule has 1 rings (SSSR count). The molecule has 0 N–H and O–H groups in total. The van der Waals surface area contributed by atoms with E-state index < -0.39 is 0 Å². The van der Waals surface area contributed by atoms with E-state index in [2.05, 4.69) is 4.98 Å². The van der Waals surface area contributed by atoms with E-state index >= 15 is 0 Å². The monoisotopic (exact) mass is 180 g/mol. The number of nitrogens with zero attached hydrogens (tertiary/aromatic N) is 2. The largest absolute Gasteiger partial charge is 0.328 e. The number of carbonyl (C=O) groups excluding carboxylic acids is 1. The number of hydrogen-bond donors (Lipinski definition) is 0. The standard InChI is InChI=1S/C10H16N2O/c1-3-5-9(13)8-12-7-6-11-10(12)4-2/h6-7H,3-5,8H2,1-2H3. The summed E-state index contributed by atoms with van der Waals surface area (Å²) in [6, 6.07) is 0. The maximum atomic E-state index is 11.3. The third-order valence-electron chi connectivity index (χ3n) is 1.99. The first-order chi connectivity index (χ1) is 6.27. The van der Waals surface area contributed by atoms with Crippen LogP contribution in [0.15, 0.2) is 12.4 Å². The van der Waals surface area contributed by atoms with Gasteiger partial charge in [-0.25, -0.2) is 4.98 Å². The summed E-state index contributed by atoms with van der Waals surface area (Å²) in [5.41, 5.74) is 0. The maximum absolute atomic E-state index is 11.3. The quantitative estimate of drug-likeness (QED) is 0.692. The highest BCUT2D eigenvalue weighted by Crippen LogP contribution is 2.00. The van der Waals surface area contributed by atoms with E-state index in [1.54, 1.807) is 6.20 Å². The van der Waals surface area contributed by atoms with Gasteiger partial charge in [-0.2, -0.15) is 0 Å². The first kappa shape index (κ1) is 9.96. The SMILES string of the molecule is CCCC(=O)Cn1ccnc1CC. The molecule has 0 amide bonds. The lowest BCUT2D eigenvalue weighted by molar-refractivity contribution is -0.119. The van der Waals surface area contributed by atoms with Gasteiger partial charge >= 0.3 is 0 Å². The van der Waals surface area contributed by atoms with Crippen molar-refractivity contribution < 1.29 is 4.79 Å². The molecule has 3 heteroatoms. The van der Waals surface area contributed by atoms with Gasteiger partial charge < -0.3 is 4.57 Å². The summed E-state index contributed by atoms with van der Waals surface area (Å²) in [5.74, 6) is 1.28. The van der Waals surface area contributed by atoms with Gasteiger partial charge in [0, 0.05) is 25.2 Å². The topological polar surface area (TPSA) is 34.9 Å². The van der Waals surface area contributed by atoms with Crippen molar-refractivity contribution in [2.24, 2.45) is 0 Å². The van der Waals surface area contributed by atoms with Crippen molar-refractivity contribution >= 4 is 5.78 Å². The molecule has 0 unspecified atom stereocenters. The van der Waals surface area contributed by atoms with Crippen LogP contribution in [0.1, 0.15) is 32.5 Å². The molecule has 0 atom stereocenters. The van der Waals surface area contributed by atoms with Crippen LogP contribution in [0.3, 0.4) is 0 Å².